The summed E-state index contributed by atoms with van der Waals surface area (Å²) < 4.78 is 40.5. The number of aliphatic carboxylic acids is 1. The van der Waals surface area contributed by atoms with Crippen molar-refractivity contribution in [1.82, 2.24) is 10.6 Å². The summed E-state index contributed by atoms with van der Waals surface area (Å²) in [5.74, 6) is -1.34. The van der Waals surface area contributed by atoms with Gasteiger partial charge >= 0.3 is 18.2 Å². The van der Waals surface area contributed by atoms with Gasteiger partial charge in [0.25, 0.3) is 0 Å². The number of alkyl halides is 3. The van der Waals surface area contributed by atoms with E-state index >= 15 is 0 Å². The predicted octanol–water partition coefficient (Wildman–Crippen LogP) is 0.726. The van der Waals surface area contributed by atoms with Crippen LogP contribution in [-0.4, -0.2) is 49.1 Å². The number of ether oxygens (including phenoxy) is 1. The Morgan fingerprint density at radius 2 is 1.89 bits per heavy atom. The smallest absolute Gasteiger partial charge is 0.391 e. The monoisotopic (exact) mass is 272 g/mol. The lowest BCUT2D eigenvalue weighted by molar-refractivity contribution is -0.141. The van der Waals surface area contributed by atoms with Crippen molar-refractivity contribution in [2.45, 2.75) is 31.6 Å². The first-order chi connectivity index (χ1) is 8.15. The van der Waals surface area contributed by atoms with Crippen molar-refractivity contribution in [3.05, 3.63) is 0 Å². The number of carbonyl (C=O) groups excluding carboxylic acids is 1. The topological polar surface area (TPSA) is 87.7 Å². The lowest BCUT2D eigenvalue weighted by Crippen LogP contribution is -2.50. The number of rotatable bonds is 6. The summed E-state index contributed by atoms with van der Waals surface area (Å²) in [6, 6.07) is -3.45. The molecule has 0 aliphatic carbocycles. The van der Waals surface area contributed by atoms with Crippen LogP contribution in [0, 0.1) is 0 Å². The van der Waals surface area contributed by atoms with Gasteiger partial charge in [-0.2, -0.15) is 13.2 Å². The highest BCUT2D eigenvalue weighted by Crippen LogP contribution is 2.21. The highest BCUT2D eigenvalue weighted by molar-refractivity contribution is 5.82. The molecule has 0 aromatic heterocycles. The van der Waals surface area contributed by atoms with Gasteiger partial charge in [-0.25, -0.2) is 9.59 Å². The van der Waals surface area contributed by atoms with Crippen LogP contribution in [0.4, 0.5) is 18.0 Å². The maximum Gasteiger partial charge on any atom is 0.391 e. The number of methoxy groups -OCH3 is 1. The molecule has 9 heteroatoms. The molecule has 0 spiro atoms. The molecule has 0 saturated heterocycles. The van der Waals surface area contributed by atoms with Crippen LogP contribution in [0.15, 0.2) is 0 Å². The molecule has 0 aliphatic rings. The minimum absolute atomic E-state index is 0.281. The standard InChI is InChI=1S/C9H15F3N2O4/c1-5(3-9(10,11)12)13-8(17)14-6(4-18-2)7(15)16/h5-6H,3-4H2,1-2H3,(H,15,16)(H2,13,14,17). The summed E-state index contributed by atoms with van der Waals surface area (Å²) in [5, 5.41) is 12.7. The highest BCUT2D eigenvalue weighted by Gasteiger charge is 2.31. The van der Waals surface area contributed by atoms with E-state index in [9.17, 15) is 22.8 Å². The molecule has 0 heterocycles. The zero-order valence-corrected chi connectivity index (χ0v) is 9.87. The number of amides is 2. The second-order valence-electron chi connectivity index (χ2n) is 3.68. The van der Waals surface area contributed by atoms with Crippen molar-refractivity contribution in [2.24, 2.45) is 0 Å². The summed E-state index contributed by atoms with van der Waals surface area (Å²) in [6.07, 6.45) is -5.59. The largest absolute Gasteiger partial charge is 0.480 e. The molecular formula is C9H15F3N2O4. The molecule has 6 nitrogen and oxygen atoms in total. The van der Waals surface area contributed by atoms with E-state index in [-0.39, 0.29) is 6.61 Å². The molecular weight excluding hydrogens is 257 g/mol. The third kappa shape index (κ3) is 7.71. The molecule has 3 N–H and O–H groups in total. The average Bonchev–Trinajstić information content (AvgIpc) is 2.13. The van der Waals surface area contributed by atoms with E-state index in [1.54, 1.807) is 0 Å². The quantitative estimate of drug-likeness (QED) is 0.665. The number of hydrogen-bond donors (Lipinski definition) is 3. The van der Waals surface area contributed by atoms with Gasteiger partial charge in [0.05, 0.1) is 13.0 Å². The molecule has 0 rings (SSSR count). The first kappa shape index (κ1) is 16.5. The lowest BCUT2D eigenvalue weighted by Gasteiger charge is -2.18. The van der Waals surface area contributed by atoms with Crippen molar-refractivity contribution in [3.63, 3.8) is 0 Å². The number of hydrogen-bond acceptors (Lipinski definition) is 3. The van der Waals surface area contributed by atoms with Crippen LogP contribution in [0.25, 0.3) is 0 Å². The molecule has 0 aromatic rings. The molecule has 0 bridgehead atoms. The van der Waals surface area contributed by atoms with E-state index in [0.717, 1.165) is 0 Å². The Balaban J connectivity index is 4.20. The SMILES string of the molecule is COCC(NC(=O)NC(C)CC(F)(F)F)C(=O)O. The molecule has 2 amide bonds. The van der Waals surface area contributed by atoms with Crippen LogP contribution in [-0.2, 0) is 9.53 Å². The number of carbonyl (C=O) groups is 2. The van der Waals surface area contributed by atoms with Crippen molar-refractivity contribution < 1.29 is 32.6 Å². The molecule has 2 atom stereocenters. The third-order valence-electron chi connectivity index (χ3n) is 1.85. The van der Waals surface area contributed by atoms with E-state index in [1.807, 2.05) is 10.6 Å². The fourth-order valence-electron chi connectivity index (χ4n) is 1.16. The molecule has 0 fully saturated rings. The minimum Gasteiger partial charge on any atom is -0.480 e. The number of urea groups is 1. The Morgan fingerprint density at radius 3 is 2.28 bits per heavy atom. The van der Waals surface area contributed by atoms with Gasteiger partial charge in [-0.05, 0) is 6.92 Å². The van der Waals surface area contributed by atoms with Crippen LogP contribution in [0.1, 0.15) is 13.3 Å². The number of carboxylic acids is 1. The van der Waals surface area contributed by atoms with Gasteiger partial charge in [-0.3, -0.25) is 0 Å². The highest BCUT2D eigenvalue weighted by atomic mass is 19.4. The summed E-state index contributed by atoms with van der Waals surface area (Å²) >= 11 is 0. The summed E-state index contributed by atoms with van der Waals surface area (Å²) in [7, 11) is 1.24. The van der Waals surface area contributed by atoms with E-state index < -0.39 is 36.7 Å². The minimum atomic E-state index is -4.40. The number of nitrogens with one attached hydrogen (secondary N) is 2. The van der Waals surface area contributed by atoms with Crippen molar-refractivity contribution >= 4 is 12.0 Å². The second-order valence-corrected chi connectivity index (χ2v) is 3.68. The maximum atomic E-state index is 12.0. The Hall–Kier alpha value is -1.51. The van der Waals surface area contributed by atoms with Gasteiger partial charge in [0, 0.05) is 13.2 Å². The van der Waals surface area contributed by atoms with Crippen LogP contribution < -0.4 is 10.6 Å². The average molecular weight is 272 g/mol. The Kier molecular flexibility index (Phi) is 6.45. The van der Waals surface area contributed by atoms with Gasteiger partial charge < -0.3 is 20.5 Å². The normalized spacial score (nSPS) is 14.7. The Bertz CT molecular complexity index is 296. The van der Waals surface area contributed by atoms with Crippen molar-refractivity contribution in [3.8, 4) is 0 Å². The number of carboxylic acid groups (broad SMARTS) is 1. The van der Waals surface area contributed by atoms with Crippen LogP contribution >= 0.6 is 0 Å². The maximum absolute atomic E-state index is 12.0. The van der Waals surface area contributed by atoms with Gasteiger partial charge in [0.2, 0.25) is 0 Å². The molecule has 106 valence electrons. The van der Waals surface area contributed by atoms with Gasteiger partial charge in [-0.1, -0.05) is 0 Å². The first-order valence-corrected chi connectivity index (χ1v) is 5.01. The second kappa shape index (κ2) is 7.04. The van der Waals surface area contributed by atoms with Gasteiger partial charge in [0.15, 0.2) is 6.04 Å². The van der Waals surface area contributed by atoms with E-state index in [1.165, 1.54) is 14.0 Å². The zero-order valence-electron chi connectivity index (χ0n) is 9.87. The lowest BCUT2D eigenvalue weighted by atomic mass is 10.2. The van der Waals surface area contributed by atoms with E-state index in [4.69, 9.17) is 5.11 Å². The first-order valence-electron chi connectivity index (χ1n) is 5.01. The van der Waals surface area contributed by atoms with E-state index in [2.05, 4.69) is 4.74 Å². The summed E-state index contributed by atoms with van der Waals surface area (Å²) in [6.45, 7) is 0.884. The van der Waals surface area contributed by atoms with Crippen LogP contribution in [0.5, 0.6) is 0 Å². The molecule has 2 unspecified atom stereocenters. The van der Waals surface area contributed by atoms with Crippen LogP contribution in [0.2, 0.25) is 0 Å². The van der Waals surface area contributed by atoms with Crippen molar-refractivity contribution in [2.75, 3.05) is 13.7 Å². The van der Waals surface area contributed by atoms with Crippen molar-refractivity contribution in [1.29, 1.82) is 0 Å². The third-order valence-corrected chi connectivity index (χ3v) is 1.85. The predicted molar refractivity (Wildman–Crippen MR) is 55.1 cm³/mol. The summed E-state index contributed by atoms with van der Waals surface area (Å²) in [4.78, 5) is 21.9. The van der Waals surface area contributed by atoms with Gasteiger partial charge in [0.1, 0.15) is 0 Å². The molecule has 0 aromatic carbocycles. The summed E-state index contributed by atoms with van der Waals surface area (Å²) in [5.41, 5.74) is 0. The Labute approximate surface area is 101 Å². The molecule has 0 radical (unpaired) electrons. The fourth-order valence-corrected chi connectivity index (χ4v) is 1.16. The molecule has 0 saturated carbocycles. The van der Waals surface area contributed by atoms with E-state index in [0.29, 0.717) is 0 Å². The van der Waals surface area contributed by atoms with Gasteiger partial charge in [-0.15, -0.1) is 0 Å². The zero-order chi connectivity index (χ0) is 14.3. The Morgan fingerprint density at radius 1 is 1.33 bits per heavy atom. The molecule has 18 heavy (non-hydrogen) atoms. The number of halogens is 3. The van der Waals surface area contributed by atoms with Crippen LogP contribution in [0.3, 0.4) is 0 Å². The fraction of sp³-hybridized carbons (Fsp3) is 0.778. The molecule has 0 aliphatic heterocycles.